The Morgan fingerprint density at radius 2 is 2.06 bits per heavy atom. The van der Waals surface area contributed by atoms with Gasteiger partial charge < -0.3 is 5.32 Å². The van der Waals surface area contributed by atoms with Crippen molar-refractivity contribution in [1.29, 1.82) is 0 Å². The predicted molar refractivity (Wildman–Crippen MR) is 71.3 cm³/mol. The molecule has 16 heavy (non-hydrogen) atoms. The van der Waals surface area contributed by atoms with Crippen molar-refractivity contribution in [3.8, 4) is 12.3 Å². The molecule has 1 rings (SSSR count). The first-order chi connectivity index (χ1) is 7.73. The molecule has 1 nitrogen and oxygen atoms in total. The van der Waals surface area contributed by atoms with Crippen LogP contribution in [0.25, 0.3) is 0 Å². The normalized spacial score (nSPS) is 20.6. The summed E-state index contributed by atoms with van der Waals surface area (Å²) >= 11 is 0. The molecule has 0 amide bonds. The topological polar surface area (TPSA) is 12.0 Å². The van der Waals surface area contributed by atoms with E-state index in [1.165, 1.54) is 44.9 Å². The van der Waals surface area contributed by atoms with Gasteiger partial charge in [-0.25, -0.2) is 0 Å². The molecule has 0 aliphatic heterocycles. The quantitative estimate of drug-likeness (QED) is 0.510. The third-order valence-corrected chi connectivity index (χ3v) is 4.04. The van der Waals surface area contributed by atoms with E-state index in [4.69, 9.17) is 6.42 Å². The second-order valence-electron chi connectivity index (χ2n) is 5.46. The molecule has 0 bridgehead atoms. The van der Waals surface area contributed by atoms with E-state index < -0.39 is 0 Å². The van der Waals surface area contributed by atoms with E-state index in [0.717, 1.165) is 13.0 Å². The lowest BCUT2D eigenvalue weighted by atomic mass is 9.78. The molecule has 0 saturated heterocycles. The van der Waals surface area contributed by atoms with Crippen molar-refractivity contribution in [3.63, 3.8) is 0 Å². The molecule has 0 aromatic rings. The summed E-state index contributed by atoms with van der Waals surface area (Å²) in [6.07, 6.45) is 15.5. The van der Waals surface area contributed by atoms with Crippen LogP contribution in [-0.2, 0) is 0 Å². The van der Waals surface area contributed by atoms with Gasteiger partial charge in [0.25, 0.3) is 0 Å². The molecule has 0 spiro atoms. The maximum Gasteiger partial charge on any atom is 0.0121 e. The Balaban J connectivity index is 2.45. The van der Waals surface area contributed by atoms with Gasteiger partial charge >= 0.3 is 0 Å². The molecule has 1 unspecified atom stereocenters. The van der Waals surface area contributed by atoms with Crippen LogP contribution in [-0.4, -0.2) is 12.6 Å². The van der Waals surface area contributed by atoms with E-state index in [-0.39, 0.29) is 0 Å². The Morgan fingerprint density at radius 3 is 2.62 bits per heavy atom. The lowest BCUT2D eigenvalue weighted by molar-refractivity contribution is 0.208. The van der Waals surface area contributed by atoms with Crippen molar-refractivity contribution < 1.29 is 0 Å². The zero-order valence-electron chi connectivity index (χ0n) is 11.0. The zero-order valence-corrected chi connectivity index (χ0v) is 11.0. The third kappa shape index (κ3) is 3.83. The summed E-state index contributed by atoms with van der Waals surface area (Å²) in [7, 11) is 0. The fourth-order valence-corrected chi connectivity index (χ4v) is 2.95. The van der Waals surface area contributed by atoms with Crippen molar-refractivity contribution >= 4 is 0 Å². The fourth-order valence-electron chi connectivity index (χ4n) is 2.95. The van der Waals surface area contributed by atoms with Crippen molar-refractivity contribution in [2.45, 2.75) is 71.3 Å². The minimum Gasteiger partial charge on any atom is -0.313 e. The lowest BCUT2D eigenvalue weighted by Gasteiger charge is -2.35. The maximum absolute atomic E-state index is 5.33. The molecule has 1 saturated carbocycles. The molecule has 1 N–H and O–H groups in total. The minimum absolute atomic E-state index is 0.532. The monoisotopic (exact) mass is 221 g/mol. The Hall–Kier alpha value is -0.480. The van der Waals surface area contributed by atoms with E-state index in [1.54, 1.807) is 0 Å². The van der Waals surface area contributed by atoms with Gasteiger partial charge in [-0.15, -0.1) is 12.3 Å². The van der Waals surface area contributed by atoms with Crippen LogP contribution in [0.1, 0.15) is 65.2 Å². The number of unbranched alkanes of at least 4 members (excludes halogenated alkanes) is 1. The standard InChI is InChI=1S/C15H27N/c1-4-6-7-10-14(16-13-5-2)15(3)11-8-9-12-15/h1,14,16H,5-13H2,2-3H3. The van der Waals surface area contributed by atoms with Gasteiger partial charge in [0.15, 0.2) is 0 Å². The number of terminal acetylenes is 1. The van der Waals surface area contributed by atoms with Crippen LogP contribution in [0.4, 0.5) is 0 Å². The van der Waals surface area contributed by atoms with Crippen molar-refractivity contribution in [2.24, 2.45) is 5.41 Å². The summed E-state index contributed by atoms with van der Waals surface area (Å²) in [6, 6.07) is 0.684. The van der Waals surface area contributed by atoms with Gasteiger partial charge in [0, 0.05) is 12.5 Å². The highest BCUT2D eigenvalue weighted by Crippen LogP contribution is 2.42. The third-order valence-electron chi connectivity index (χ3n) is 4.04. The van der Waals surface area contributed by atoms with E-state index in [0.29, 0.717) is 11.5 Å². The van der Waals surface area contributed by atoms with Gasteiger partial charge in [0.1, 0.15) is 0 Å². The molecule has 0 aromatic heterocycles. The Morgan fingerprint density at radius 1 is 1.38 bits per heavy atom. The van der Waals surface area contributed by atoms with Crippen molar-refractivity contribution in [2.75, 3.05) is 6.54 Å². The SMILES string of the molecule is C#CCCCC(NCCC)C1(C)CCCC1. The van der Waals surface area contributed by atoms with Crippen LogP contribution in [0.15, 0.2) is 0 Å². The van der Waals surface area contributed by atoms with Gasteiger partial charge in [0.05, 0.1) is 0 Å². The number of nitrogens with one attached hydrogen (secondary N) is 1. The van der Waals surface area contributed by atoms with Gasteiger partial charge in [0.2, 0.25) is 0 Å². The summed E-state index contributed by atoms with van der Waals surface area (Å²) in [5.74, 6) is 2.75. The highest BCUT2D eigenvalue weighted by Gasteiger charge is 2.35. The smallest absolute Gasteiger partial charge is 0.0121 e. The van der Waals surface area contributed by atoms with Crippen LogP contribution < -0.4 is 5.32 Å². The summed E-state index contributed by atoms with van der Waals surface area (Å²) in [6.45, 7) is 5.85. The van der Waals surface area contributed by atoms with E-state index in [2.05, 4.69) is 25.1 Å². The Labute approximate surface area is 101 Å². The Kier molecular flexibility index (Phi) is 5.91. The van der Waals surface area contributed by atoms with Crippen LogP contribution >= 0.6 is 0 Å². The average Bonchev–Trinajstić information content (AvgIpc) is 2.71. The molecule has 1 fully saturated rings. The Bertz CT molecular complexity index is 220. The molecule has 0 heterocycles. The predicted octanol–water partition coefficient (Wildman–Crippen LogP) is 3.74. The van der Waals surface area contributed by atoms with Gasteiger partial charge in [-0.2, -0.15) is 0 Å². The molecule has 0 radical (unpaired) electrons. The summed E-state index contributed by atoms with van der Waals surface area (Å²) in [5.41, 5.74) is 0.532. The highest BCUT2D eigenvalue weighted by atomic mass is 14.9. The summed E-state index contributed by atoms with van der Waals surface area (Å²) in [5, 5.41) is 3.74. The number of rotatable bonds is 7. The van der Waals surface area contributed by atoms with Crippen LogP contribution in [0.3, 0.4) is 0 Å². The first-order valence-electron chi connectivity index (χ1n) is 6.90. The molecule has 1 aliphatic rings. The summed E-state index contributed by atoms with van der Waals surface area (Å²) in [4.78, 5) is 0. The van der Waals surface area contributed by atoms with Crippen LogP contribution in [0.5, 0.6) is 0 Å². The number of hydrogen-bond donors (Lipinski definition) is 1. The second-order valence-corrected chi connectivity index (χ2v) is 5.46. The van der Waals surface area contributed by atoms with E-state index >= 15 is 0 Å². The molecule has 92 valence electrons. The van der Waals surface area contributed by atoms with Gasteiger partial charge in [-0.3, -0.25) is 0 Å². The first-order valence-corrected chi connectivity index (χ1v) is 6.90. The van der Waals surface area contributed by atoms with Gasteiger partial charge in [-0.1, -0.05) is 26.7 Å². The summed E-state index contributed by atoms with van der Waals surface area (Å²) < 4.78 is 0. The molecule has 1 aliphatic carbocycles. The first kappa shape index (κ1) is 13.6. The maximum atomic E-state index is 5.33. The minimum atomic E-state index is 0.532. The highest BCUT2D eigenvalue weighted by molar-refractivity contribution is 4.92. The lowest BCUT2D eigenvalue weighted by Crippen LogP contribution is -2.42. The molecule has 1 heteroatoms. The molecule has 0 aromatic carbocycles. The van der Waals surface area contributed by atoms with Crippen molar-refractivity contribution in [3.05, 3.63) is 0 Å². The van der Waals surface area contributed by atoms with E-state index in [9.17, 15) is 0 Å². The molecule has 1 atom stereocenters. The van der Waals surface area contributed by atoms with Crippen LogP contribution in [0.2, 0.25) is 0 Å². The van der Waals surface area contributed by atoms with Gasteiger partial charge in [-0.05, 0) is 44.1 Å². The van der Waals surface area contributed by atoms with Crippen molar-refractivity contribution in [1.82, 2.24) is 5.32 Å². The fraction of sp³-hybridized carbons (Fsp3) is 0.867. The van der Waals surface area contributed by atoms with E-state index in [1.807, 2.05) is 0 Å². The number of hydrogen-bond acceptors (Lipinski definition) is 1. The zero-order chi connectivity index (χ0) is 11.9. The molecular weight excluding hydrogens is 194 g/mol. The largest absolute Gasteiger partial charge is 0.313 e. The second kappa shape index (κ2) is 6.97. The van der Waals surface area contributed by atoms with Crippen LogP contribution in [0, 0.1) is 17.8 Å². The average molecular weight is 221 g/mol. The molecular formula is C15H27N.